The zero-order chi connectivity index (χ0) is 13.5. The van der Waals surface area contributed by atoms with Gasteiger partial charge in [-0.1, -0.05) is 19.8 Å². The molecular formula is C12H17N3O3. The number of carbonyl (C=O) groups excluding carboxylic acids is 1. The van der Waals surface area contributed by atoms with E-state index in [4.69, 9.17) is 5.73 Å². The summed E-state index contributed by atoms with van der Waals surface area (Å²) in [5.74, 6) is -0.596. The van der Waals surface area contributed by atoms with Crippen LogP contribution in [0.25, 0.3) is 0 Å². The molecule has 6 nitrogen and oxygen atoms in total. The van der Waals surface area contributed by atoms with E-state index in [1.165, 1.54) is 18.2 Å². The fourth-order valence-corrected chi connectivity index (χ4v) is 1.59. The van der Waals surface area contributed by atoms with Gasteiger partial charge in [0.2, 0.25) is 5.91 Å². The van der Waals surface area contributed by atoms with Crippen LogP contribution in [0.3, 0.4) is 0 Å². The van der Waals surface area contributed by atoms with Crippen LogP contribution in [-0.2, 0) is 0 Å². The van der Waals surface area contributed by atoms with Crippen molar-refractivity contribution in [2.24, 2.45) is 5.73 Å². The van der Waals surface area contributed by atoms with E-state index in [9.17, 15) is 14.9 Å². The number of nitro groups is 1. The second kappa shape index (κ2) is 6.58. The number of amides is 1. The highest BCUT2D eigenvalue weighted by Gasteiger charge is 2.15. The number of primary amides is 1. The molecule has 0 fully saturated rings. The number of hydrogen-bond acceptors (Lipinski definition) is 4. The Kier molecular flexibility index (Phi) is 5.10. The van der Waals surface area contributed by atoms with Crippen LogP contribution in [0.2, 0.25) is 0 Å². The Morgan fingerprint density at radius 2 is 2.17 bits per heavy atom. The monoisotopic (exact) mass is 251 g/mol. The molecule has 0 aliphatic carbocycles. The molecule has 1 aromatic carbocycles. The molecule has 0 atom stereocenters. The average Bonchev–Trinajstić information content (AvgIpc) is 2.34. The van der Waals surface area contributed by atoms with Crippen molar-refractivity contribution in [1.29, 1.82) is 0 Å². The van der Waals surface area contributed by atoms with Gasteiger partial charge in [0, 0.05) is 18.2 Å². The number of carbonyl (C=O) groups is 1. The SMILES string of the molecule is CCCCCNc1cc(C(N)=O)ccc1[N+](=O)[O-]. The molecule has 0 radical (unpaired) electrons. The number of anilines is 1. The highest BCUT2D eigenvalue weighted by molar-refractivity contribution is 5.94. The van der Waals surface area contributed by atoms with Crippen molar-refractivity contribution in [3.05, 3.63) is 33.9 Å². The van der Waals surface area contributed by atoms with Crippen LogP contribution in [0.4, 0.5) is 11.4 Å². The largest absolute Gasteiger partial charge is 0.379 e. The summed E-state index contributed by atoms with van der Waals surface area (Å²) >= 11 is 0. The van der Waals surface area contributed by atoms with E-state index >= 15 is 0 Å². The summed E-state index contributed by atoms with van der Waals surface area (Å²) < 4.78 is 0. The van der Waals surface area contributed by atoms with Gasteiger partial charge in [-0.05, 0) is 18.6 Å². The highest BCUT2D eigenvalue weighted by Crippen LogP contribution is 2.25. The molecule has 98 valence electrons. The first kappa shape index (κ1) is 14.0. The summed E-state index contributed by atoms with van der Waals surface area (Å²) in [7, 11) is 0. The van der Waals surface area contributed by atoms with Crippen molar-refractivity contribution in [1.82, 2.24) is 0 Å². The first-order valence-corrected chi connectivity index (χ1v) is 5.88. The molecule has 1 amide bonds. The molecule has 0 spiro atoms. The van der Waals surface area contributed by atoms with Gasteiger partial charge in [-0.15, -0.1) is 0 Å². The van der Waals surface area contributed by atoms with Crippen LogP contribution in [0.15, 0.2) is 18.2 Å². The third-order valence-electron chi connectivity index (χ3n) is 2.57. The lowest BCUT2D eigenvalue weighted by Crippen LogP contribution is -2.12. The molecule has 0 aliphatic heterocycles. The lowest BCUT2D eigenvalue weighted by Gasteiger charge is -2.07. The Morgan fingerprint density at radius 3 is 2.72 bits per heavy atom. The summed E-state index contributed by atoms with van der Waals surface area (Å²) in [5.41, 5.74) is 5.71. The first-order chi connectivity index (χ1) is 8.56. The van der Waals surface area contributed by atoms with E-state index in [2.05, 4.69) is 12.2 Å². The normalized spacial score (nSPS) is 10.1. The summed E-state index contributed by atoms with van der Waals surface area (Å²) in [5, 5.41) is 13.8. The predicted octanol–water partition coefficient (Wildman–Crippen LogP) is 2.30. The fourth-order valence-electron chi connectivity index (χ4n) is 1.59. The van der Waals surface area contributed by atoms with Gasteiger partial charge in [-0.25, -0.2) is 0 Å². The molecule has 0 aromatic heterocycles. The Balaban J connectivity index is 2.86. The zero-order valence-electron chi connectivity index (χ0n) is 10.3. The minimum absolute atomic E-state index is 0.0449. The van der Waals surface area contributed by atoms with Gasteiger partial charge in [-0.2, -0.15) is 0 Å². The smallest absolute Gasteiger partial charge is 0.292 e. The Hall–Kier alpha value is -2.11. The van der Waals surface area contributed by atoms with Crippen molar-refractivity contribution in [2.75, 3.05) is 11.9 Å². The van der Waals surface area contributed by atoms with Crippen molar-refractivity contribution < 1.29 is 9.72 Å². The molecule has 0 saturated heterocycles. The topological polar surface area (TPSA) is 98.3 Å². The number of benzene rings is 1. The minimum atomic E-state index is -0.596. The molecular weight excluding hydrogens is 234 g/mol. The van der Waals surface area contributed by atoms with Gasteiger partial charge in [0.15, 0.2) is 0 Å². The minimum Gasteiger partial charge on any atom is -0.379 e. The third-order valence-corrected chi connectivity index (χ3v) is 2.57. The lowest BCUT2D eigenvalue weighted by molar-refractivity contribution is -0.384. The van der Waals surface area contributed by atoms with Gasteiger partial charge >= 0.3 is 0 Å². The van der Waals surface area contributed by atoms with E-state index in [1.807, 2.05) is 0 Å². The Bertz CT molecular complexity index is 446. The molecule has 0 unspecified atom stereocenters. The Labute approximate surface area is 105 Å². The summed E-state index contributed by atoms with van der Waals surface area (Å²) in [6.07, 6.45) is 3.05. The third kappa shape index (κ3) is 3.73. The molecule has 0 saturated carbocycles. The first-order valence-electron chi connectivity index (χ1n) is 5.88. The summed E-state index contributed by atoms with van der Waals surface area (Å²) in [6.45, 7) is 2.72. The van der Waals surface area contributed by atoms with Crippen LogP contribution in [0.5, 0.6) is 0 Å². The number of nitro benzene ring substituents is 1. The van der Waals surface area contributed by atoms with E-state index in [0.29, 0.717) is 12.2 Å². The van der Waals surface area contributed by atoms with Crippen LogP contribution in [0.1, 0.15) is 36.5 Å². The van der Waals surface area contributed by atoms with E-state index in [0.717, 1.165) is 19.3 Å². The van der Waals surface area contributed by atoms with E-state index < -0.39 is 10.8 Å². The van der Waals surface area contributed by atoms with Gasteiger partial charge in [0.1, 0.15) is 5.69 Å². The zero-order valence-corrected chi connectivity index (χ0v) is 10.3. The predicted molar refractivity (Wildman–Crippen MR) is 69.6 cm³/mol. The van der Waals surface area contributed by atoms with Crippen molar-refractivity contribution in [3.8, 4) is 0 Å². The number of nitrogens with two attached hydrogens (primary N) is 1. The Morgan fingerprint density at radius 1 is 1.44 bits per heavy atom. The number of rotatable bonds is 7. The molecule has 18 heavy (non-hydrogen) atoms. The molecule has 3 N–H and O–H groups in total. The molecule has 1 aromatic rings. The number of nitrogens with zero attached hydrogens (tertiary/aromatic N) is 1. The second-order valence-electron chi connectivity index (χ2n) is 3.99. The van der Waals surface area contributed by atoms with Crippen molar-refractivity contribution >= 4 is 17.3 Å². The van der Waals surface area contributed by atoms with Crippen LogP contribution in [0, 0.1) is 10.1 Å². The summed E-state index contributed by atoms with van der Waals surface area (Å²) in [6, 6.07) is 4.08. The highest BCUT2D eigenvalue weighted by atomic mass is 16.6. The van der Waals surface area contributed by atoms with Gasteiger partial charge in [0.05, 0.1) is 4.92 Å². The molecule has 6 heteroatoms. The van der Waals surface area contributed by atoms with Crippen LogP contribution >= 0.6 is 0 Å². The molecule has 1 rings (SSSR count). The average molecular weight is 251 g/mol. The van der Waals surface area contributed by atoms with Crippen LogP contribution in [-0.4, -0.2) is 17.4 Å². The molecule has 0 aliphatic rings. The number of unbranched alkanes of at least 4 members (excludes halogenated alkanes) is 2. The lowest BCUT2D eigenvalue weighted by atomic mass is 10.1. The molecule has 0 heterocycles. The van der Waals surface area contributed by atoms with Crippen molar-refractivity contribution in [3.63, 3.8) is 0 Å². The van der Waals surface area contributed by atoms with E-state index in [1.54, 1.807) is 0 Å². The second-order valence-corrected chi connectivity index (χ2v) is 3.99. The van der Waals surface area contributed by atoms with Gasteiger partial charge in [-0.3, -0.25) is 14.9 Å². The standard InChI is InChI=1S/C12H17N3O3/c1-2-3-4-7-14-10-8-9(12(13)16)5-6-11(10)15(17)18/h5-6,8,14H,2-4,7H2,1H3,(H2,13,16). The maximum atomic E-state index is 11.0. The number of hydrogen-bond donors (Lipinski definition) is 2. The number of nitrogens with one attached hydrogen (secondary N) is 1. The van der Waals surface area contributed by atoms with E-state index in [-0.39, 0.29) is 11.3 Å². The van der Waals surface area contributed by atoms with Crippen molar-refractivity contribution in [2.45, 2.75) is 26.2 Å². The summed E-state index contributed by atoms with van der Waals surface area (Å²) in [4.78, 5) is 21.4. The fraction of sp³-hybridized carbons (Fsp3) is 0.417. The quantitative estimate of drug-likeness (QED) is 0.441. The van der Waals surface area contributed by atoms with Gasteiger partial charge < -0.3 is 11.1 Å². The maximum Gasteiger partial charge on any atom is 0.292 e. The molecule has 0 bridgehead atoms. The maximum absolute atomic E-state index is 11.0. The van der Waals surface area contributed by atoms with Gasteiger partial charge in [0.25, 0.3) is 5.69 Å². The van der Waals surface area contributed by atoms with Crippen LogP contribution < -0.4 is 11.1 Å².